The molecule has 0 saturated heterocycles. The fraction of sp³-hybridized carbons (Fsp3) is 0.600. The first kappa shape index (κ1) is 12.3. The second-order valence-corrected chi connectivity index (χ2v) is 4.34. The van der Waals surface area contributed by atoms with Gasteiger partial charge in [0.25, 0.3) is 0 Å². The maximum atomic E-state index is 12.1. The summed E-state index contributed by atoms with van der Waals surface area (Å²) in [6.45, 7) is 1.28. The number of carboxylic acid groups (broad SMARTS) is 1. The number of hydrogen-bond acceptors (Lipinski definition) is 4. The second-order valence-electron chi connectivity index (χ2n) is 4.34. The highest BCUT2D eigenvalue weighted by molar-refractivity contribution is 5.83. The lowest BCUT2D eigenvalue weighted by Crippen LogP contribution is -2.46. The summed E-state index contributed by atoms with van der Waals surface area (Å²) in [4.78, 5) is 35.6. The van der Waals surface area contributed by atoms with Crippen molar-refractivity contribution in [1.82, 2.24) is 19.7 Å². The van der Waals surface area contributed by atoms with E-state index in [1.54, 1.807) is 0 Å². The number of carboxylic acids is 1. The van der Waals surface area contributed by atoms with Gasteiger partial charge in [0.1, 0.15) is 18.9 Å². The Bertz CT molecular complexity index is 516. The zero-order valence-electron chi connectivity index (χ0n) is 9.87. The van der Waals surface area contributed by atoms with Crippen molar-refractivity contribution >= 4 is 11.9 Å². The van der Waals surface area contributed by atoms with Gasteiger partial charge in [-0.15, -0.1) is 0 Å². The maximum absolute atomic E-state index is 12.1. The molecule has 1 fully saturated rings. The zero-order chi connectivity index (χ0) is 13.3. The number of hydrogen-bond donors (Lipinski definition) is 2. The molecule has 1 amide bonds. The van der Waals surface area contributed by atoms with Crippen molar-refractivity contribution < 1.29 is 14.7 Å². The van der Waals surface area contributed by atoms with Gasteiger partial charge in [-0.2, -0.15) is 5.10 Å². The first-order valence-corrected chi connectivity index (χ1v) is 5.64. The Labute approximate surface area is 102 Å². The summed E-state index contributed by atoms with van der Waals surface area (Å²) < 4.78 is 1.12. The smallest absolute Gasteiger partial charge is 0.343 e. The van der Waals surface area contributed by atoms with Gasteiger partial charge in [-0.05, 0) is 19.8 Å². The van der Waals surface area contributed by atoms with Crippen molar-refractivity contribution in [3.8, 4) is 0 Å². The van der Waals surface area contributed by atoms with Gasteiger partial charge in [-0.1, -0.05) is 0 Å². The highest BCUT2D eigenvalue weighted by Gasteiger charge is 2.38. The fourth-order valence-electron chi connectivity index (χ4n) is 1.82. The van der Waals surface area contributed by atoms with Crippen molar-refractivity contribution in [2.75, 3.05) is 0 Å². The first-order valence-electron chi connectivity index (χ1n) is 5.64. The van der Waals surface area contributed by atoms with Crippen LogP contribution in [0.25, 0.3) is 0 Å². The normalized spacial score (nSPS) is 16.3. The molecule has 98 valence electrons. The minimum Gasteiger partial charge on any atom is -0.480 e. The van der Waals surface area contributed by atoms with Gasteiger partial charge < -0.3 is 10.0 Å². The lowest BCUT2D eigenvalue weighted by molar-refractivity contribution is -0.150. The number of rotatable bonds is 5. The van der Waals surface area contributed by atoms with E-state index < -0.39 is 17.7 Å². The average molecular weight is 254 g/mol. The lowest BCUT2D eigenvalue weighted by atomic mass is 10.2. The lowest BCUT2D eigenvalue weighted by Gasteiger charge is -2.26. The van der Waals surface area contributed by atoms with Crippen LogP contribution in [0.2, 0.25) is 0 Å². The molecule has 8 nitrogen and oxygen atoms in total. The SMILES string of the molecule is CC(C(=O)O)N(C(=O)Cn1cn[nH]c1=O)C1CC1. The standard InChI is InChI=1S/C10H14N4O4/c1-6(9(16)17)14(7-2-3-7)8(15)4-13-5-11-12-10(13)18/h5-7H,2-4H2,1H3,(H,12,18)(H,16,17). The predicted molar refractivity (Wildman–Crippen MR) is 59.8 cm³/mol. The number of nitrogens with one attached hydrogen (secondary N) is 1. The molecule has 1 atom stereocenters. The number of carbonyl (C=O) groups is 2. The van der Waals surface area contributed by atoms with E-state index in [9.17, 15) is 14.4 Å². The molecule has 0 bridgehead atoms. The number of aliphatic carboxylic acids is 1. The van der Waals surface area contributed by atoms with Crippen LogP contribution in [0, 0.1) is 0 Å². The van der Waals surface area contributed by atoms with Gasteiger partial charge in [0.2, 0.25) is 5.91 Å². The number of carbonyl (C=O) groups excluding carboxylic acids is 1. The summed E-state index contributed by atoms with van der Waals surface area (Å²) in [5.41, 5.74) is -0.484. The Morgan fingerprint density at radius 2 is 2.33 bits per heavy atom. The molecule has 0 aliphatic heterocycles. The van der Waals surface area contributed by atoms with E-state index in [0.717, 1.165) is 17.4 Å². The third-order valence-corrected chi connectivity index (χ3v) is 2.93. The van der Waals surface area contributed by atoms with E-state index in [1.807, 2.05) is 0 Å². The molecule has 1 aromatic rings. The highest BCUT2D eigenvalue weighted by atomic mass is 16.4. The zero-order valence-corrected chi connectivity index (χ0v) is 9.87. The molecule has 2 N–H and O–H groups in total. The van der Waals surface area contributed by atoms with Gasteiger partial charge in [0.15, 0.2) is 0 Å². The van der Waals surface area contributed by atoms with E-state index in [-0.39, 0.29) is 18.5 Å². The molecular weight excluding hydrogens is 240 g/mol. The van der Waals surface area contributed by atoms with Crippen molar-refractivity contribution in [3.63, 3.8) is 0 Å². The van der Waals surface area contributed by atoms with Crippen LogP contribution in [-0.2, 0) is 16.1 Å². The maximum Gasteiger partial charge on any atom is 0.343 e. The molecule has 8 heteroatoms. The van der Waals surface area contributed by atoms with Crippen molar-refractivity contribution in [1.29, 1.82) is 0 Å². The molecule has 1 aliphatic carbocycles. The molecule has 0 spiro atoms. The molecule has 0 aromatic carbocycles. The minimum atomic E-state index is -1.05. The molecule has 1 unspecified atom stereocenters. The Kier molecular flexibility index (Phi) is 3.17. The van der Waals surface area contributed by atoms with Crippen LogP contribution in [0.3, 0.4) is 0 Å². The van der Waals surface area contributed by atoms with Gasteiger partial charge in [0, 0.05) is 6.04 Å². The van der Waals surface area contributed by atoms with Crippen LogP contribution < -0.4 is 5.69 Å². The minimum absolute atomic E-state index is 0.0220. The van der Waals surface area contributed by atoms with Crippen molar-refractivity contribution in [2.45, 2.75) is 38.4 Å². The average Bonchev–Trinajstić information content (AvgIpc) is 3.05. The molecule has 1 aliphatic rings. The highest BCUT2D eigenvalue weighted by Crippen LogP contribution is 2.29. The third kappa shape index (κ3) is 2.41. The van der Waals surface area contributed by atoms with E-state index in [1.165, 1.54) is 18.2 Å². The molecule has 2 rings (SSSR count). The number of H-pyrrole nitrogens is 1. The van der Waals surface area contributed by atoms with Crippen LogP contribution in [0.5, 0.6) is 0 Å². The van der Waals surface area contributed by atoms with E-state index in [0.29, 0.717) is 0 Å². The summed E-state index contributed by atoms with van der Waals surface area (Å²) >= 11 is 0. The Morgan fingerprint density at radius 3 is 2.78 bits per heavy atom. The Hall–Kier alpha value is -2.12. The van der Waals surface area contributed by atoms with Crippen LogP contribution in [-0.4, -0.2) is 48.7 Å². The second kappa shape index (κ2) is 4.63. The summed E-state index contributed by atoms with van der Waals surface area (Å²) in [5.74, 6) is -1.43. The summed E-state index contributed by atoms with van der Waals surface area (Å²) in [5, 5.41) is 14.7. The monoisotopic (exact) mass is 254 g/mol. The van der Waals surface area contributed by atoms with Crippen molar-refractivity contribution in [2.24, 2.45) is 0 Å². The molecule has 1 heterocycles. The van der Waals surface area contributed by atoms with Crippen molar-refractivity contribution in [3.05, 3.63) is 16.8 Å². The van der Waals surface area contributed by atoms with Crippen LogP contribution in [0.4, 0.5) is 0 Å². The molecular formula is C10H14N4O4. The summed E-state index contributed by atoms with van der Waals surface area (Å²) in [6.07, 6.45) is 2.84. The number of aromatic nitrogens is 3. The number of aromatic amines is 1. The first-order chi connectivity index (χ1) is 8.50. The summed E-state index contributed by atoms with van der Waals surface area (Å²) in [6, 6.07) is -0.904. The predicted octanol–water partition coefficient (Wildman–Crippen LogP) is -0.964. The van der Waals surface area contributed by atoms with E-state index in [2.05, 4.69) is 10.2 Å². The van der Waals surface area contributed by atoms with Gasteiger partial charge in [-0.25, -0.2) is 14.7 Å². The summed E-state index contributed by atoms with van der Waals surface area (Å²) in [7, 11) is 0. The quantitative estimate of drug-likeness (QED) is 0.703. The van der Waals surface area contributed by atoms with Crippen LogP contribution >= 0.6 is 0 Å². The van der Waals surface area contributed by atoms with E-state index in [4.69, 9.17) is 5.11 Å². The van der Waals surface area contributed by atoms with Gasteiger partial charge in [0.05, 0.1) is 0 Å². The Balaban J connectivity index is 2.12. The third-order valence-electron chi connectivity index (χ3n) is 2.93. The topological polar surface area (TPSA) is 108 Å². The van der Waals surface area contributed by atoms with Crippen LogP contribution in [0.15, 0.2) is 11.1 Å². The fourth-order valence-corrected chi connectivity index (χ4v) is 1.82. The molecule has 0 radical (unpaired) electrons. The molecule has 1 aromatic heterocycles. The molecule has 18 heavy (non-hydrogen) atoms. The molecule has 1 saturated carbocycles. The van der Waals surface area contributed by atoms with E-state index >= 15 is 0 Å². The largest absolute Gasteiger partial charge is 0.480 e. The van der Waals surface area contributed by atoms with Crippen LogP contribution in [0.1, 0.15) is 19.8 Å². The number of nitrogens with zero attached hydrogens (tertiary/aromatic N) is 3. The Morgan fingerprint density at radius 1 is 1.67 bits per heavy atom. The van der Waals surface area contributed by atoms with Gasteiger partial charge in [-0.3, -0.25) is 9.36 Å². The number of amides is 1. The van der Waals surface area contributed by atoms with Gasteiger partial charge >= 0.3 is 11.7 Å².